The number of carboxylic acids is 1. The first-order chi connectivity index (χ1) is 11.9. The molecule has 1 aromatic carbocycles. The van der Waals surface area contributed by atoms with Crippen molar-refractivity contribution in [2.45, 2.75) is 27.2 Å². The smallest absolute Gasteiger partial charge is 0.309 e. The molecule has 1 aliphatic heterocycles. The fourth-order valence-corrected chi connectivity index (χ4v) is 3.41. The number of carbonyl (C=O) groups is 1. The molecule has 4 heteroatoms. The van der Waals surface area contributed by atoms with Gasteiger partial charge in [0, 0.05) is 19.6 Å². The van der Waals surface area contributed by atoms with Crippen molar-refractivity contribution in [1.29, 1.82) is 0 Å². The van der Waals surface area contributed by atoms with Crippen molar-refractivity contribution in [3.05, 3.63) is 46.5 Å². The SMILES string of the molecule is CC(C)=CCOc1ccc2c(c1)C[C@H](C)C(CN1CC(C(=O)O)C1)=C2. The van der Waals surface area contributed by atoms with Crippen LogP contribution in [-0.2, 0) is 11.2 Å². The molecule has 0 saturated carbocycles. The van der Waals surface area contributed by atoms with Gasteiger partial charge in [-0.05, 0) is 55.5 Å². The number of fused-ring (bicyclic) bond motifs is 1. The second-order valence-corrected chi connectivity index (χ2v) is 7.51. The van der Waals surface area contributed by atoms with Gasteiger partial charge < -0.3 is 9.84 Å². The largest absolute Gasteiger partial charge is 0.490 e. The average Bonchev–Trinajstić information content (AvgIpc) is 2.50. The number of likely N-dealkylation sites (tertiary alicyclic amines) is 1. The van der Waals surface area contributed by atoms with Gasteiger partial charge in [0.05, 0.1) is 5.92 Å². The molecule has 1 atom stereocenters. The lowest BCUT2D eigenvalue weighted by Gasteiger charge is -2.38. The molecule has 3 rings (SSSR count). The normalized spacial score (nSPS) is 20.3. The average molecular weight is 341 g/mol. The predicted molar refractivity (Wildman–Crippen MR) is 99.8 cm³/mol. The van der Waals surface area contributed by atoms with Crippen molar-refractivity contribution in [2.75, 3.05) is 26.2 Å². The molecule has 2 aliphatic rings. The minimum atomic E-state index is -0.673. The molecule has 4 nitrogen and oxygen atoms in total. The zero-order valence-electron chi connectivity index (χ0n) is 15.3. The van der Waals surface area contributed by atoms with E-state index in [0.717, 1.165) is 18.7 Å². The van der Waals surface area contributed by atoms with Crippen molar-refractivity contribution in [3.8, 4) is 5.75 Å². The Hall–Kier alpha value is -2.07. The Labute approximate surface area is 149 Å². The maximum Gasteiger partial charge on any atom is 0.309 e. The van der Waals surface area contributed by atoms with E-state index < -0.39 is 5.97 Å². The molecule has 1 aromatic rings. The van der Waals surface area contributed by atoms with E-state index in [1.165, 1.54) is 22.3 Å². The molecule has 0 bridgehead atoms. The predicted octanol–water partition coefficient (Wildman–Crippen LogP) is 3.62. The number of hydrogen-bond acceptors (Lipinski definition) is 3. The molecule has 0 spiro atoms. The molecule has 1 N–H and O–H groups in total. The molecular formula is C21H27NO3. The van der Waals surface area contributed by atoms with Crippen LogP contribution in [0.1, 0.15) is 31.9 Å². The van der Waals surface area contributed by atoms with Crippen LogP contribution < -0.4 is 4.74 Å². The topological polar surface area (TPSA) is 49.8 Å². The van der Waals surface area contributed by atoms with Gasteiger partial charge in [-0.3, -0.25) is 9.69 Å². The lowest BCUT2D eigenvalue weighted by molar-refractivity contribution is -0.147. The molecule has 0 aromatic heterocycles. The summed E-state index contributed by atoms with van der Waals surface area (Å²) in [5, 5.41) is 9.00. The molecule has 25 heavy (non-hydrogen) atoms. The van der Waals surface area contributed by atoms with E-state index in [9.17, 15) is 4.79 Å². The summed E-state index contributed by atoms with van der Waals surface area (Å²) in [6, 6.07) is 6.32. The number of hydrogen-bond donors (Lipinski definition) is 1. The molecule has 134 valence electrons. The van der Waals surface area contributed by atoms with Gasteiger partial charge in [0.1, 0.15) is 12.4 Å². The van der Waals surface area contributed by atoms with Gasteiger partial charge in [0.25, 0.3) is 0 Å². The quantitative estimate of drug-likeness (QED) is 0.803. The van der Waals surface area contributed by atoms with E-state index >= 15 is 0 Å². The van der Waals surface area contributed by atoms with E-state index in [4.69, 9.17) is 9.84 Å². The Bertz CT molecular complexity index is 710. The lowest BCUT2D eigenvalue weighted by Crippen LogP contribution is -2.51. The second kappa shape index (κ2) is 7.44. The van der Waals surface area contributed by atoms with Gasteiger partial charge in [0.2, 0.25) is 0 Å². The van der Waals surface area contributed by atoms with Gasteiger partial charge in [-0.15, -0.1) is 0 Å². The summed E-state index contributed by atoms with van der Waals surface area (Å²) in [5.74, 6) is 0.539. The first kappa shape index (κ1) is 17.7. The van der Waals surface area contributed by atoms with Crippen LogP contribution in [-0.4, -0.2) is 42.2 Å². The summed E-state index contributed by atoms with van der Waals surface area (Å²) in [4.78, 5) is 13.2. The van der Waals surface area contributed by atoms with Crippen LogP contribution in [0.15, 0.2) is 35.4 Å². The van der Waals surface area contributed by atoms with Crippen LogP contribution in [0.5, 0.6) is 5.75 Å². The van der Waals surface area contributed by atoms with E-state index in [0.29, 0.717) is 25.6 Å². The summed E-state index contributed by atoms with van der Waals surface area (Å²) in [6.45, 7) is 9.22. The Morgan fingerprint density at radius 2 is 2.12 bits per heavy atom. The third kappa shape index (κ3) is 4.31. The third-order valence-electron chi connectivity index (χ3n) is 5.07. The first-order valence-electron chi connectivity index (χ1n) is 8.97. The summed E-state index contributed by atoms with van der Waals surface area (Å²) in [6.07, 6.45) is 5.37. The third-order valence-corrected chi connectivity index (χ3v) is 5.07. The maximum atomic E-state index is 10.9. The van der Waals surface area contributed by atoms with Crippen molar-refractivity contribution >= 4 is 12.0 Å². The summed E-state index contributed by atoms with van der Waals surface area (Å²) in [5.41, 5.74) is 5.25. The van der Waals surface area contributed by atoms with Crippen LogP contribution in [0, 0.1) is 11.8 Å². The second-order valence-electron chi connectivity index (χ2n) is 7.51. The number of allylic oxidation sites excluding steroid dienone is 1. The Morgan fingerprint density at radius 3 is 2.80 bits per heavy atom. The number of rotatable bonds is 6. The summed E-state index contributed by atoms with van der Waals surface area (Å²) < 4.78 is 5.81. The van der Waals surface area contributed by atoms with Gasteiger partial charge in [-0.1, -0.05) is 30.2 Å². The highest BCUT2D eigenvalue weighted by molar-refractivity contribution is 5.71. The van der Waals surface area contributed by atoms with Gasteiger partial charge >= 0.3 is 5.97 Å². The minimum absolute atomic E-state index is 0.188. The van der Waals surface area contributed by atoms with Crippen LogP contribution in [0.4, 0.5) is 0 Å². The zero-order chi connectivity index (χ0) is 18.0. The molecule has 1 saturated heterocycles. The van der Waals surface area contributed by atoms with Gasteiger partial charge in [-0.25, -0.2) is 0 Å². The minimum Gasteiger partial charge on any atom is -0.490 e. The monoisotopic (exact) mass is 341 g/mol. The van der Waals surface area contributed by atoms with Crippen LogP contribution in [0.3, 0.4) is 0 Å². The Balaban J connectivity index is 1.64. The van der Waals surface area contributed by atoms with Crippen LogP contribution in [0.2, 0.25) is 0 Å². The van der Waals surface area contributed by atoms with E-state index in [1.807, 2.05) is 6.07 Å². The van der Waals surface area contributed by atoms with E-state index in [1.54, 1.807) is 0 Å². The summed E-state index contributed by atoms with van der Waals surface area (Å²) in [7, 11) is 0. The van der Waals surface area contributed by atoms with Crippen molar-refractivity contribution in [1.82, 2.24) is 4.90 Å². The highest BCUT2D eigenvalue weighted by atomic mass is 16.5. The van der Waals surface area contributed by atoms with Crippen LogP contribution in [0.25, 0.3) is 6.08 Å². The van der Waals surface area contributed by atoms with Crippen molar-refractivity contribution in [2.24, 2.45) is 11.8 Å². The summed E-state index contributed by atoms with van der Waals surface area (Å²) >= 11 is 0. The van der Waals surface area contributed by atoms with Gasteiger partial charge in [0.15, 0.2) is 0 Å². The van der Waals surface area contributed by atoms with E-state index in [-0.39, 0.29) is 5.92 Å². The number of nitrogens with zero attached hydrogens (tertiary/aromatic N) is 1. The highest BCUT2D eigenvalue weighted by Gasteiger charge is 2.33. The lowest BCUT2D eigenvalue weighted by atomic mass is 9.83. The number of ether oxygens (including phenoxy) is 1. The Morgan fingerprint density at radius 1 is 1.36 bits per heavy atom. The molecule has 1 fully saturated rings. The van der Waals surface area contributed by atoms with Crippen molar-refractivity contribution in [3.63, 3.8) is 0 Å². The number of benzene rings is 1. The van der Waals surface area contributed by atoms with Gasteiger partial charge in [-0.2, -0.15) is 0 Å². The molecule has 1 aliphatic carbocycles. The molecular weight excluding hydrogens is 314 g/mol. The molecule has 0 unspecified atom stereocenters. The molecule has 0 amide bonds. The molecule has 0 radical (unpaired) electrons. The zero-order valence-corrected chi connectivity index (χ0v) is 15.3. The van der Waals surface area contributed by atoms with Crippen LogP contribution >= 0.6 is 0 Å². The number of carboxylic acid groups (broad SMARTS) is 1. The number of aliphatic carboxylic acids is 1. The van der Waals surface area contributed by atoms with Crippen molar-refractivity contribution < 1.29 is 14.6 Å². The fraction of sp³-hybridized carbons (Fsp3) is 0.476. The maximum absolute atomic E-state index is 10.9. The molecule has 1 heterocycles. The standard InChI is InChI=1S/C21H27NO3/c1-14(2)6-7-25-20-5-4-16-9-18(15(3)8-17(16)10-20)11-22-12-19(13-22)21(23)24/h4-6,9-10,15,19H,7-8,11-13H2,1-3H3,(H,23,24)/t15-/m0/s1. The highest BCUT2D eigenvalue weighted by Crippen LogP contribution is 2.32. The first-order valence-corrected chi connectivity index (χ1v) is 8.97. The van der Waals surface area contributed by atoms with E-state index in [2.05, 4.69) is 50.0 Å². The Kier molecular flexibility index (Phi) is 5.28. The fourth-order valence-electron chi connectivity index (χ4n) is 3.41.